The van der Waals surface area contributed by atoms with Gasteiger partial charge in [-0.05, 0) is 24.1 Å². The molecule has 104 valence electrons. The summed E-state index contributed by atoms with van der Waals surface area (Å²) in [4.78, 5) is 8.86. The second-order valence-corrected chi connectivity index (χ2v) is 5.49. The molecule has 3 aromatic rings. The second-order valence-electron chi connectivity index (χ2n) is 4.26. The molecule has 0 radical (unpaired) electrons. The predicted octanol–water partition coefficient (Wildman–Crippen LogP) is 3.58. The standard InChI is InChI=1S/C15H10ClN3OS/c1-3-8-7-21-15(18-8)11-6-10(17)9-4-5-12(20-2)13(16)14(9)19-11/h1,4-7H,2H3,(H2,17,19). The molecule has 0 unspecified atom stereocenters. The molecule has 0 fully saturated rings. The lowest BCUT2D eigenvalue weighted by Gasteiger charge is -2.09. The predicted molar refractivity (Wildman–Crippen MR) is 86.8 cm³/mol. The van der Waals surface area contributed by atoms with Crippen molar-refractivity contribution in [2.75, 3.05) is 12.8 Å². The van der Waals surface area contributed by atoms with E-state index in [0.717, 1.165) is 5.39 Å². The average Bonchev–Trinajstić information content (AvgIpc) is 2.97. The van der Waals surface area contributed by atoms with Gasteiger partial charge in [0.05, 0.1) is 12.6 Å². The number of thiazole rings is 1. The van der Waals surface area contributed by atoms with Crippen LogP contribution in [0.15, 0.2) is 23.6 Å². The Bertz CT molecular complexity index is 882. The van der Waals surface area contributed by atoms with Gasteiger partial charge in [-0.2, -0.15) is 0 Å². The quantitative estimate of drug-likeness (QED) is 0.734. The number of nitrogen functional groups attached to an aromatic ring is 1. The highest BCUT2D eigenvalue weighted by Gasteiger charge is 2.13. The molecule has 2 N–H and O–H groups in total. The third-order valence-corrected chi connectivity index (χ3v) is 4.24. The van der Waals surface area contributed by atoms with Crippen LogP contribution < -0.4 is 10.5 Å². The van der Waals surface area contributed by atoms with Crippen LogP contribution in [0.25, 0.3) is 21.6 Å². The number of ether oxygens (including phenoxy) is 1. The fraction of sp³-hybridized carbons (Fsp3) is 0.0667. The molecule has 2 aromatic heterocycles. The van der Waals surface area contributed by atoms with E-state index in [1.165, 1.54) is 11.3 Å². The number of fused-ring (bicyclic) bond motifs is 1. The summed E-state index contributed by atoms with van der Waals surface area (Å²) in [5, 5.41) is 3.70. The van der Waals surface area contributed by atoms with Gasteiger partial charge < -0.3 is 10.5 Å². The fourth-order valence-electron chi connectivity index (χ4n) is 1.99. The van der Waals surface area contributed by atoms with Crippen molar-refractivity contribution in [2.24, 2.45) is 0 Å². The first-order valence-corrected chi connectivity index (χ1v) is 7.25. The van der Waals surface area contributed by atoms with Crippen molar-refractivity contribution in [3.8, 4) is 28.8 Å². The van der Waals surface area contributed by atoms with Gasteiger partial charge >= 0.3 is 0 Å². The summed E-state index contributed by atoms with van der Waals surface area (Å²) in [6.07, 6.45) is 5.34. The zero-order chi connectivity index (χ0) is 15.0. The minimum Gasteiger partial charge on any atom is -0.495 e. The molecule has 0 atom stereocenters. The van der Waals surface area contributed by atoms with Crippen molar-refractivity contribution < 1.29 is 4.74 Å². The topological polar surface area (TPSA) is 61.0 Å². The third kappa shape index (κ3) is 2.29. The normalized spacial score (nSPS) is 10.5. The lowest BCUT2D eigenvalue weighted by atomic mass is 10.1. The molecule has 2 heterocycles. The van der Waals surface area contributed by atoms with Crippen molar-refractivity contribution in [3.63, 3.8) is 0 Å². The minimum absolute atomic E-state index is 0.428. The highest BCUT2D eigenvalue weighted by Crippen LogP contribution is 2.36. The number of nitrogens with two attached hydrogens (primary N) is 1. The van der Waals surface area contributed by atoms with Crippen molar-refractivity contribution in [3.05, 3.63) is 34.3 Å². The number of terminal acetylenes is 1. The molecular weight excluding hydrogens is 306 g/mol. The zero-order valence-electron chi connectivity index (χ0n) is 11.1. The summed E-state index contributed by atoms with van der Waals surface area (Å²) in [5.41, 5.74) is 8.47. The number of methoxy groups -OCH3 is 1. The Kier molecular flexibility index (Phi) is 3.42. The summed E-state index contributed by atoms with van der Waals surface area (Å²) in [7, 11) is 1.56. The number of benzene rings is 1. The molecule has 4 nitrogen and oxygen atoms in total. The van der Waals surface area contributed by atoms with Crippen LogP contribution in [0.3, 0.4) is 0 Å². The Labute approximate surface area is 130 Å². The van der Waals surface area contributed by atoms with Crippen LogP contribution in [0.5, 0.6) is 5.75 Å². The van der Waals surface area contributed by atoms with Crippen LogP contribution in [0.4, 0.5) is 5.69 Å². The molecule has 21 heavy (non-hydrogen) atoms. The van der Waals surface area contributed by atoms with Gasteiger partial charge in [-0.3, -0.25) is 0 Å². The number of nitrogens with zero attached hydrogens (tertiary/aromatic N) is 2. The van der Waals surface area contributed by atoms with Gasteiger partial charge in [-0.1, -0.05) is 11.6 Å². The van der Waals surface area contributed by atoms with Gasteiger partial charge in [-0.15, -0.1) is 17.8 Å². The number of pyridine rings is 1. The first-order valence-electron chi connectivity index (χ1n) is 5.99. The van der Waals surface area contributed by atoms with Crippen LogP contribution in [-0.2, 0) is 0 Å². The van der Waals surface area contributed by atoms with E-state index in [1.54, 1.807) is 24.6 Å². The first kappa shape index (κ1) is 13.7. The van der Waals surface area contributed by atoms with Gasteiger partial charge in [0.1, 0.15) is 27.2 Å². The molecule has 0 aliphatic carbocycles. The maximum atomic E-state index is 6.31. The first-order chi connectivity index (χ1) is 10.1. The molecule has 0 amide bonds. The fourth-order valence-corrected chi connectivity index (χ4v) is 3.00. The van der Waals surface area contributed by atoms with E-state index in [4.69, 9.17) is 28.5 Å². The second kappa shape index (κ2) is 5.24. The smallest absolute Gasteiger partial charge is 0.143 e. The van der Waals surface area contributed by atoms with E-state index >= 15 is 0 Å². The zero-order valence-corrected chi connectivity index (χ0v) is 12.6. The summed E-state index contributed by atoms with van der Waals surface area (Å²) in [5.74, 6) is 3.05. The lowest BCUT2D eigenvalue weighted by Crippen LogP contribution is -1.95. The molecule has 0 aliphatic rings. The summed E-state index contributed by atoms with van der Waals surface area (Å²) >= 11 is 7.73. The van der Waals surface area contributed by atoms with E-state index in [1.807, 2.05) is 6.07 Å². The van der Waals surface area contributed by atoms with Gasteiger partial charge in [0.25, 0.3) is 0 Å². The molecule has 0 spiro atoms. The molecule has 0 bridgehead atoms. The molecule has 1 aromatic carbocycles. The van der Waals surface area contributed by atoms with Crippen LogP contribution in [0.1, 0.15) is 5.69 Å². The molecule has 0 aliphatic heterocycles. The molecule has 6 heteroatoms. The van der Waals surface area contributed by atoms with Gasteiger partial charge in [0, 0.05) is 16.5 Å². The van der Waals surface area contributed by atoms with E-state index < -0.39 is 0 Å². The molecular formula is C15H10ClN3OS. The van der Waals surface area contributed by atoms with Gasteiger partial charge in [0.15, 0.2) is 0 Å². The largest absolute Gasteiger partial charge is 0.495 e. The number of hydrogen-bond acceptors (Lipinski definition) is 5. The van der Waals surface area contributed by atoms with E-state index in [0.29, 0.717) is 38.4 Å². The van der Waals surface area contributed by atoms with Crippen LogP contribution in [0.2, 0.25) is 5.02 Å². The third-order valence-electron chi connectivity index (χ3n) is 3.01. The monoisotopic (exact) mass is 315 g/mol. The average molecular weight is 316 g/mol. The number of anilines is 1. The Morgan fingerprint density at radius 3 is 2.86 bits per heavy atom. The van der Waals surface area contributed by atoms with E-state index in [2.05, 4.69) is 15.9 Å². The highest BCUT2D eigenvalue weighted by molar-refractivity contribution is 7.13. The van der Waals surface area contributed by atoms with Crippen molar-refractivity contribution in [1.82, 2.24) is 9.97 Å². The van der Waals surface area contributed by atoms with Crippen LogP contribution >= 0.6 is 22.9 Å². The highest BCUT2D eigenvalue weighted by atomic mass is 35.5. The Morgan fingerprint density at radius 1 is 1.38 bits per heavy atom. The SMILES string of the molecule is C#Cc1csc(-c2cc(N)c3ccc(OC)c(Cl)c3n2)n1. The van der Waals surface area contributed by atoms with Crippen LogP contribution in [0, 0.1) is 12.3 Å². The number of hydrogen-bond donors (Lipinski definition) is 1. The Balaban J connectivity index is 2.26. The van der Waals surface area contributed by atoms with Crippen LogP contribution in [-0.4, -0.2) is 17.1 Å². The van der Waals surface area contributed by atoms with Gasteiger partial charge in [-0.25, -0.2) is 9.97 Å². The number of halogens is 1. The Hall–Kier alpha value is -2.29. The van der Waals surface area contributed by atoms with Crippen molar-refractivity contribution in [2.45, 2.75) is 0 Å². The maximum absolute atomic E-state index is 6.31. The van der Waals surface area contributed by atoms with E-state index in [-0.39, 0.29) is 0 Å². The minimum atomic E-state index is 0.428. The molecule has 0 saturated carbocycles. The summed E-state index contributed by atoms with van der Waals surface area (Å²) in [6.45, 7) is 0. The maximum Gasteiger partial charge on any atom is 0.143 e. The Morgan fingerprint density at radius 2 is 2.19 bits per heavy atom. The molecule has 3 rings (SSSR count). The van der Waals surface area contributed by atoms with Crippen molar-refractivity contribution in [1.29, 1.82) is 0 Å². The summed E-state index contributed by atoms with van der Waals surface area (Å²) < 4.78 is 5.21. The number of rotatable bonds is 2. The lowest BCUT2D eigenvalue weighted by molar-refractivity contribution is 0.415. The number of aromatic nitrogens is 2. The van der Waals surface area contributed by atoms with Crippen molar-refractivity contribution >= 4 is 39.5 Å². The van der Waals surface area contributed by atoms with E-state index in [9.17, 15) is 0 Å². The van der Waals surface area contributed by atoms with Gasteiger partial charge in [0.2, 0.25) is 0 Å². The molecule has 0 saturated heterocycles. The summed E-state index contributed by atoms with van der Waals surface area (Å²) in [6, 6.07) is 5.37.